The van der Waals surface area contributed by atoms with Crippen LogP contribution in [0.15, 0.2) is 133 Å². The average Bonchev–Trinajstić information content (AvgIpc) is 3.07. The van der Waals surface area contributed by atoms with E-state index in [0.29, 0.717) is 6.42 Å². The Labute approximate surface area is 252 Å². The molecule has 0 amide bonds. The number of nitrogens with zero attached hydrogens (tertiary/aromatic N) is 1. The van der Waals surface area contributed by atoms with Crippen molar-refractivity contribution in [2.75, 3.05) is 19.1 Å². The summed E-state index contributed by atoms with van der Waals surface area (Å²) in [5, 5.41) is 6.49. The van der Waals surface area contributed by atoms with Crippen LogP contribution < -0.4 is 9.64 Å². The SMILES string of the molecule is CC/C=C\CC(C(=O)OC)(c1cccc2ccccc12)N(c1ccc(OC)cc1)c1cc2ccccc2c2ccccc12. The third kappa shape index (κ3) is 4.89. The zero-order valence-electron chi connectivity index (χ0n) is 24.8. The topological polar surface area (TPSA) is 38.8 Å². The van der Waals surface area contributed by atoms with Gasteiger partial charge in [-0.3, -0.25) is 0 Å². The van der Waals surface area contributed by atoms with Crippen LogP contribution in [0.25, 0.3) is 32.3 Å². The van der Waals surface area contributed by atoms with Gasteiger partial charge in [-0.05, 0) is 69.2 Å². The maximum Gasteiger partial charge on any atom is 0.337 e. The minimum absolute atomic E-state index is 0.335. The number of hydrogen-bond donors (Lipinski definition) is 0. The van der Waals surface area contributed by atoms with Crippen LogP contribution in [0, 0.1) is 0 Å². The summed E-state index contributed by atoms with van der Waals surface area (Å²) in [5.41, 5.74) is 1.40. The number of rotatable bonds is 9. The van der Waals surface area contributed by atoms with Crippen LogP contribution in [0.1, 0.15) is 25.3 Å². The molecule has 0 bridgehead atoms. The Morgan fingerprint density at radius 1 is 0.698 bits per heavy atom. The Hall–Kier alpha value is -5.09. The lowest BCUT2D eigenvalue weighted by Gasteiger charge is -2.44. The standard InChI is InChI=1S/C39H35NO3/c1-4-5-12-26-39(38(41)43-3,36-21-13-16-28-14-6-9-18-33(28)36)40(30-22-24-31(42-2)25-23-30)37-27-29-15-7-8-17-32(29)34-19-10-11-20-35(34)37/h5-25,27H,4,26H2,1-3H3/b12-5-. The molecule has 0 fully saturated rings. The number of anilines is 2. The molecular formula is C39H35NO3. The molecule has 0 spiro atoms. The summed E-state index contributed by atoms with van der Waals surface area (Å²) in [5.74, 6) is 0.407. The molecule has 43 heavy (non-hydrogen) atoms. The number of methoxy groups -OCH3 is 2. The zero-order valence-corrected chi connectivity index (χ0v) is 24.8. The summed E-state index contributed by atoms with van der Waals surface area (Å²) in [6.07, 6.45) is 5.48. The fourth-order valence-corrected chi connectivity index (χ4v) is 6.30. The van der Waals surface area contributed by atoms with E-state index < -0.39 is 5.54 Å². The number of fused-ring (bicyclic) bond motifs is 4. The second-order valence-corrected chi connectivity index (χ2v) is 10.7. The smallest absolute Gasteiger partial charge is 0.337 e. The Morgan fingerprint density at radius 2 is 1.33 bits per heavy atom. The maximum atomic E-state index is 14.7. The van der Waals surface area contributed by atoms with Crippen LogP contribution in [0.5, 0.6) is 5.75 Å². The van der Waals surface area contributed by atoms with Gasteiger partial charge in [0.15, 0.2) is 5.54 Å². The van der Waals surface area contributed by atoms with Crippen LogP contribution in [-0.4, -0.2) is 20.2 Å². The van der Waals surface area contributed by atoms with Crippen LogP contribution in [0.4, 0.5) is 11.4 Å². The summed E-state index contributed by atoms with van der Waals surface area (Å²) in [6.45, 7) is 2.10. The molecule has 0 aliphatic carbocycles. The molecule has 0 radical (unpaired) electrons. The molecule has 6 rings (SSSR count). The first-order valence-corrected chi connectivity index (χ1v) is 14.7. The third-order valence-corrected chi connectivity index (χ3v) is 8.27. The van der Waals surface area contributed by atoms with Gasteiger partial charge in [-0.1, -0.05) is 110 Å². The van der Waals surface area contributed by atoms with Gasteiger partial charge in [-0.25, -0.2) is 4.79 Å². The molecule has 6 aromatic carbocycles. The van der Waals surface area contributed by atoms with Crippen molar-refractivity contribution in [2.24, 2.45) is 0 Å². The maximum absolute atomic E-state index is 14.7. The molecule has 4 heteroatoms. The lowest BCUT2D eigenvalue weighted by molar-refractivity contribution is -0.147. The fraction of sp³-hybridized carbons (Fsp3) is 0.154. The summed E-state index contributed by atoms with van der Waals surface area (Å²) in [6, 6.07) is 41.4. The van der Waals surface area contributed by atoms with Crippen LogP contribution >= 0.6 is 0 Å². The Morgan fingerprint density at radius 3 is 2.02 bits per heavy atom. The summed E-state index contributed by atoms with van der Waals surface area (Å²) >= 11 is 0. The number of carbonyl (C=O) groups excluding carboxylic acids is 1. The Kier molecular flexibility index (Phi) is 7.84. The lowest BCUT2D eigenvalue weighted by atomic mass is 9.80. The minimum atomic E-state index is -1.25. The monoisotopic (exact) mass is 565 g/mol. The predicted octanol–water partition coefficient (Wildman–Crippen LogP) is 9.72. The molecule has 1 atom stereocenters. The molecule has 0 saturated heterocycles. The molecule has 0 heterocycles. The summed E-state index contributed by atoms with van der Waals surface area (Å²) in [4.78, 5) is 16.8. The molecule has 0 saturated carbocycles. The first-order valence-electron chi connectivity index (χ1n) is 14.7. The minimum Gasteiger partial charge on any atom is -0.497 e. The second-order valence-electron chi connectivity index (χ2n) is 10.7. The van der Waals surface area contributed by atoms with Crippen LogP contribution in [-0.2, 0) is 15.1 Å². The molecule has 214 valence electrons. The highest BCUT2D eigenvalue weighted by Crippen LogP contribution is 2.49. The molecule has 0 aliphatic rings. The van der Waals surface area contributed by atoms with Crippen molar-refractivity contribution in [2.45, 2.75) is 25.3 Å². The van der Waals surface area contributed by atoms with E-state index in [1.165, 1.54) is 7.11 Å². The highest BCUT2D eigenvalue weighted by atomic mass is 16.5. The predicted molar refractivity (Wildman–Crippen MR) is 178 cm³/mol. The number of esters is 1. The molecule has 4 nitrogen and oxygen atoms in total. The van der Waals surface area contributed by atoms with E-state index >= 15 is 0 Å². The summed E-state index contributed by atoms with van der Waals surface area (Å²) < 4.78 is 11.3. The molecule has 6 aromatic rings. The van der Waals surface area contributed by atoms with Gasteiger partial charge in [0, 0.05) is 17.5 Å². The Bertz CT molecular complexity index is 1940. The molecule has 0 N–H and O–H groups in total. The summed E-state index contributed by atoms with van der Waals surface area (Å²) in [7, 11) is 3.14. The zero-order chi connectivity index (χ0) is 29.8. The van der Waals surface area contributed by atoms with E-state index in [4.69, 9.17) is 9.47 Å². The van der Waals surface area contributed by atoms with E-state index in [-0.39, 0.29) is 5.97 Å². The van der Waals surface area contributed by atoms with Gasteiger partial charge >= 0.3 is 5.97 Å². The van der Waals surface area contributed by atoms with Crippen molar-refractivity contribution in [1.29, 1.82) is 0 Å². The van der Waals surface area contributed by atoms with E-state index in [1.807, 2.05) is 42.5 Å². The van der Waals surface area contributed by atoms with Gasteiger partial charge in [-0.2, -0.15) is 0 Å². The molecule has 0 aliphatic heterocycles. The quantitative estimate of drug-likeness (QED) is 0.0994. The van der Waals surface area contributed by atoms with E-state index in [0.717, 1.165) is 61.4 Å². The van der Waals surface area contributed by atoms with Crippen molar-refractivity contribution in [3.63, 3.8) is 0 Å². The number of carbonyl (C=O) groups is 1. The van der Waals surface area contributed by atoms with Crippen molar-refractivity contribution >= 4 is 49.7 Å². The van der Waals surface area contributed by atoms with E-state index in [9.17, 15) is 4.79 Å². The highest BCUT2D eigenvalue weighted by molar-refractivity contribution is 6.14. The van der Waals surface area contributed by atoms with Crippen molar-refractivity contribution in [1.82, 2.24) is 0 Å². The van der Waals surface area contributed by atoms with Crippen molar-refractivity contribution in [3.05, 3.63) is 139 Å². The first-order chi connectivity index (χ1) is 21.1. The lowest BCUT2D eigenvalue weighted by Crippen LogP contribution is -2.50. The van der Waals surface area contributed by atoms with E-state index in [2.05, 4.69) is 103 Å². The molecular weight excluding hydrogens is 530 g/mol. The van der Waals surface area contributed by atoms with Crippen LogP contribution in [0.3, 0.4) is 0 Å². The van der Waals surface area contributed by atoms with Crippen LogP contribution in [0.2, 0.25) is 0 Å². The third-order valence-electron chi connectivity index (χ3n) is 8.27. The van der Waals surface area contributed by atoms with Crippen molar-refractivity contribution in [3.8, 4) is 5.75 Å². The van der Waals surface area contributed by atoms with Gasteiger partial charge < -0.3 is 14.4 Å². The highest BCUT2D eigenvalue weighted by Gasteiger charge is 2.48. The Balaban J connectivity index is 1.80. The number of ether oxygens (including phenoxy) is 2. The number of hydrogen-bond acceptors (Lipinski definition) is 4. The second kappa shape index (κ2) is 12.0. The fourth-order valence-electron chi connectivity index (χ4n) is 6.30. The molecule has 1 unspecified atom stereocenters. The van der Waals surface area contributed by atoms with Gasteiger partial charge in [0.05, 0.1) is 19.9 Å². The van der Waals surface area contributed by atoms with Gasteiger partial charge in [-0.15, -0.1) is 0 Å². The van der Waals surface area contributed by atoms with Gasteiger partial charge in [0.25, 0.3) is 0 Å². The van der Waals surface area contributed by atoms with Crippen molar-refractivity contribution < 1.29 is 14.3 Å². The first kappa shape index (κ1) is 28.0. The van der Waals surface area contributed by atoms with E-state index in [1.54, 1.807) is 7.11 Å². The number of benzene rings is 6. The number of allylic oxidation sites excluding steroid dienone is 1. The molecule has 0 aromatic heterocycles. The normalized spacial score (nSPS) is 12.9. The van der Waals surface area contributed by atoms with Gasteiger partial charge in [0.2, 0.25) is 0 Å². The average molecular weight is 566 g/mol. The largest absolute Gasteiger partial charge is 0.497 e. The van der Waals surface area contributed by atoms with Gasteiger partial charge in [0.1, 0.15) is 5.75 Å².